The lowest BCUT2D eigenvalue weighted by Gasteiger charge is -2.33. The number of rotatable bonds is 7. The number of Topliss-reactive ketones (excluding diaryl/α,β-unsaturated/α-hetero) is 1. The van der Waals surface area contributed by atoms with Gasteiger partial charge in [0.15, 0.2) is 5.78 Å². The highest BCUT2D eigenvalue weighted by Crippen LogP contribution is 2.45. The molecule has 3 heterocycles. The molecule has 6 nitrogen and oxygen atoms in total. The SMILES string of the molecule is COc1cccc(F)c1CN1C[C@@H]2C[C@@H](CC(=O)c3ccc4c(c3)C(c3ccc5nn(C)cc5c3)=NC4)[C@H]1C2. The maximum absolute atomic E-state index is 14.6. The molecule has 0 radical (unpaired) electrons. The number of hydrogen-bond donors (Lipinski definition) is 0. The fourth-order valence-electron chi connectivity index (χ4n) is 7.02. The number of benzene rings is 3. The number of carbonyl (C=O) groups is 1. The first-order valence-corrected chi connectivity index (χ1v) is 13.7. The third kappa shape index (κ3) is 4.25. The maximum Gasteiger partial charge on any atom is 0.163 e. The molecular formula is C32H31FN4O2. The smallest absolute Gasteiger partial charge is 0.163 e. The Morgan fingerprint density at radius 1 is 1.13 bits per heavy atom. The van der Waals surface area contributed by atoms with Crippen LogP contribution in [0.2, 0.25) is 0 Å². The van der Waals surface area contributed by atoms with Crippen LogP contribution in [0.1, 0.15) is 51.9 Å². The minimum absolute atomic E-state index is 0.174. The van der Waals surface area contributed by atoms with Gasteiger partial charge in [-0.2, -0.15) is 5.10 Å². The summed E-state index contributed by atoms with van der Waals surface area (Å²) in [4.78, 5) is 20.7. The normalized spacial score (nSPS) is 21.9. The Morgan fingerprint density at radius 3 is 2.87 bits per heavy atom. The zero-order valence-electron chi connectivity index (χ0n) is 22.2. The Labute approximate surface area is 227 Å². The summed E-state index contributed by atoms with van der Waals surface area (Å²) in [6.45, 7) is 2.10. The maximum atomic E-state index is 14.6. The highest BCUT2D eigenvalue weighted by molar-refractivity contribution is 6.17. The van der Waals surface area contributed by atoms with Crippen molar-refractivity contribution in [3.8, 4) is 5.75 Å². The van der Waals surface area contributed by atoms with Crippen molar-refractivity contribution < 1.29 is 13.9 Å². The molecule has 1 saturated heterocycles. The van der Waals surface area contributed by atoms with Crippen LogP contribution in [0.4, 0.5) is 4.39 Å². The molecule has 1 aliphatic carbocycles. The van der Waals surface area contributed by atoms with Crippen LogP contribution in [0.15, 0.2) is 65.8 Å². The number of hydrogen-bond acceptors (Lipinski definition) is 5. The fourth-order valence-corrected chi connectivity index (χ4v) is 7.02. The van der Waals surface area contributed by atoms with E-state index in [0.717, 1.165) is 58.3 Å². The lowest BCUT2D eigenvalue weighted by atomic mass is 9.89. The lowest BCUT2D eigenvalue weighted by Crippen LogP contribution is -2.38. The zero-order chi connectivity index (χ0) is 26.7. The first-order chi connectivity index (χ1) is 19.0. The number of aryl methyl sites for hydroxylation is 1. The lowest BCUT2D eigenvalue weighted by molar-refractivity contribution is 0.0890. The molecule has 0 N–H and O–H groups in total. The first-order valence-electron chi connectivity index (χ1n) is 13.7. The molecule has 2 aliphatic heterocycles. The summed E-state index contributed by atoms with van der Waals surface area (Å²) < 4.78 is 21.9. The van der Waals surface area contributed by atoms with Crippen molar-refractivity contribution in [1.29, 1.82) is 0 Å². The second-order valence-electron chi connectivity index (χ2n) is 11.3. The monoisotopic (exact) mass is 522 g/mol. The molecule has 7 rings (SSSR count). The topological polar surface area (TPSA) is 59.7 Å². The zero-order valence-corrected chi connectivity index (χ0v) is 22.2. The number of halogens is 1. The molecule has 1 aromatic heterocycles. The molecular weight excluding hydrogens is 491 g/mol. The van der Waals surface area contributed by atoms with Gasteiger partial charge in [-0.25, -0.2) is 4.39 Å². The van der Waals surface area contributed by atoms with E-state index >= 15 is 0 Å². The predicted octanol–water partition coefficient (Wildman–Crippen LogP) is 5.56. The van der Waals surface area contributed by atoms with E-state index in [0.29, 0.717) is 42.8 Å². The molecule has 3 atom stereocenters. The van der Waals surface area contributed by atoms with E-state index in [9.17, 15) is 9.18 Å². The van der Waals surface area contributed by atoms with Crippen LogP contribution in [-0.2, 0) is 20.1 Å². The predicted molar refractivity (Wildman–Crippen MR) is 149 cm³/mol. The minimum Gasteiger partial charge on any atom is -0.496 e. The summed E-state index contributed by atoms with van der Waals surface area (Å²) in [6, 6.07) is 17.5. The second kappa shape index (κ2) is 9.42. The summed E-state index contributed by atoms with van der Waals surface area (Å²) in [5.41, 5.74) is 6.49. The van der Waals surface area contributed by atoms with Gasteiger partial charge in [0.25, 0.3) is 0 Å². The number of aromatic nitrogens is 2. The number of ketones is 1. The van der Waals surface area contributed by atoms with Crippen LogP contribution in [0.3, 0.4) is 0 Å². The van der Waals surface area contributed by atoms with Crippen molar-refractivity contribution in [3.63, 3.8) is 0 Å². The number of carbonyl (C=O) groups excluding carboxylic acids is 1. The molecule has 7 heteroatoms. The van der Waals surface area contributed by atoms with Crippen molar-refractivity contribution in [2.45, 2.75) is 38.4 Å². The van der Waals surface area contributed by atoms with Crippen LogP contribution in [-0.4, -0.2) is 45.9 Å². The van der Waals surface area contributed by atoms with E-state index in [2.05, 4.69) is 28.2 Å². The van der Waals surface area contributed by atoms with Gasteiger partial charge in [0.1, 0.15) is 11.6 Å². The van der Waals surface area contributed by atoms with Crippen molar-refractivity contribution in [3.05, 3.63) is 94.4 Å². The standard InChI is InChI=1S/C32H31FN4O2/c1-36-17-24-12-21(8-9-28(24)35-36)32-25-13-20(6-7-22(25)15-34-32)30(38)14-23-10-19-11-29(23)37(16-19)18-26-27(33)4-3-5-31(26)39-2/h3-9,12-13,17,19,23,29H,10-11,14-16,18H2,1-2H3/t19-,23+,29-/m1/s1. The van der Waals surface area contributed by atoms with Gasteiger partial charge in [-0.3, -0.25) is 19.4 Å². The molecule has 2 fully saturated rings. The van der Waals surface area contributed by atoms with Crippen LogP contribution >= 0.6 is 0 Å². The molecule has 2 bridgehead atoms. The quantitative estimate of drug-likeness (QED) is 0.299. The number of methoxy groups -OCH3 is 1. The number of nitrogens with zero attached hydrogens (tertiary/aromatic N) is 4. The van der Waals surface area contributed by atoms with Gasteiger partial charge in [-0.1, -0.05) is 24.3 Å². The molecule has 39 heavy (non-hydrogen) atoms. The number of likely N-dealkylation sites (tertiary alicyclic amines) is 1. The molecule has 0 spiro atoms. The molecule has 198 valence electrons. The Balaban J connectivity index is 1.09. The van der Waals surface area contributed by atoms with Gasteiger partial charge in [0.2, 0.25) is 0 Å². The van der Waals surface area contributed by atoms with Gasteiger partial charge in [0, 0.05) is 66.4 Å². The van der Waals surface area contributed by atoms with Crippen LogP contribution in [0.5, 0.6) is 5.75 Å². The molecule has 4 aromatic rings. The second-order valence-corrected chi connectivity index (χ2v) is 11.3. The van der Waals surface area contributed by atoms with E-state index in [1.165, 1.54) is 6.07 Å². The summed E-state index contributed by atoms with van der Waals surface area (Å²) in [5, 5.41) is 5.55. The third-order valence-corrected chi connectivity index (χ3v) is 8.81. The first kappa shape index (κ1) is 24.2. The van der Waals surface area contributed by atoms with Gasteiger partial charge < -0.3 is 4.74 Å². The fraction of sp³-hybridized carbons (Fsp3) is 0.344. The van der Waals surface area contributed by atoms with Crippen molar-refractivity contribution in [2.75, 3.05) is 13.7 Å². The average Bonchev–Trinajstić information content (AvgIpc) is 3.71. The number of ether oxygens (including phenoxy) is 1. The Morgan fingerprint density at radius 2 is 2.03 bits per heavy atom. The van der Waals surface area contributed by atoms with E-state index < -0.39 is 0 Å². The summed E-state index contributed by atoms with van der Waals surface area (Å²) in [5.74, 6) is 1.37. The average molecular weight is 523 g/mol. The van der Waals surface area contributed by atoms with Crippen LogP contribution < -0.4 is 4.74 Å². The van der Waals surface area contributed by atoms with E-state index in [1.807, 2.05) is 42.2 Å². The Bertz CT molecular complexity index is 1640. The highest BCUT2D eigenvalue weighted by Gasteiger charge is 2.45. The van der Waals surface area contributed by atoms with Crippen molar-refractivity contribution >= 4 is 22.4 Å². The van der Waals surface area contributed by atoms with Crippen LogP contribution in [0, 0.1) is 17.7 Å². The molecule has 0 amide bonds. The largest absolute Gasteiger partial charge is 0.496 e. The summed E-state index contributed by atoms with van der Waals surface area (Å²) in [7, 11) is 3.51. The van der Waals surface area contributed by atoms with Gasteiger partial charge in [-0.05, 0) is 60.6 Å². The Hall–Kier alpha value is -3.84. The number of fused-ring (bicyclic) bond motifs is 4. The van der Waals surface area contributed by atoms with E-state index in [1.54, 1.807) is 13.2 Å². The summed E-state index contributed by atoms with van der Waals surface area (Å²) >= 11 is 0. The van der Waals surface area contributed by atoms with Gasteiger partial charge >= 0.3 is 0 Å². The molecule has 0 unspecified atom stereocenters. The molecule has 1 saturated carbocycles. The van der Waals surface area contributed by atoms with Crippen molar-refractivity contribution in [1.82, 2.24) is 14.7 Å². The molecule has 3 aliphatic rings. The van der Waals surface area contributed by atoms with Crippen molar-refractivity contribution in [2.24, 2.45) is 23.9 Å². The number of aliphatic imine (C=N–C) groups is 1. The number of piperidine rings is 1. The summed E-state index contributed by atoms with van der Waals surface area (Å²) in [6.07, 6.45) is 4.66. The van der Waals surface area contributed by atoms with Crippen LogP contribution in [0.25, 0.3) is 10.9 Å². The van der Waals surface area contributed by atoms with E-state index in [4.69, 9.17) is 9.73 Å². The van der Waals surface area contributed by atoms with E-state index in [-0.39, 0.29) is 17.5 Å². The van der Waals surface area contributed by atoms with Gasteiger partial charge in [-0.15, -0.1) is 0 Å². The minimum atomic E-state index is -0.233. The van der Waals surface area contributed by atoms with Gasteiger partial charge in [0.05, 0.1) is 24.9 Å². The highest BCUT2D eigenvalue weighted by atomic mass is 19.1. The Kier molecular flexibility index (Phi) is 5.85. The third-order valence-electron chi connectivity index (χ3n) is 8.81. The molecule has 3 aromatic carbocycles.